The van der Waals surface area contributed by atoms with Crippen LogP contribution in [0.4, 0.5) is 0 Å². The molecule has 0 amide bonds. The Morgan fingerprint density at radius 2 is 0.623 bits per heavy atom. The van der Waals surface area contributed by atoms with Gasteiger partial charge in [0.2, 0.25) is 0 Å². The van der Waals surface area contributed by atoms with Crippen LogP contribution in [-0.4, -0.2) is 42.3 Å². The van der Waals surface area contributed by atoms with Gasteiger partial charge in [0.25, 0.3) is 0 Å². The van der Waals surface area contributed by atoms with Gasteiger partial charge in [-0.15, -0.1) is 0 Å². The van der Waals surface area contributed by atoms with Crippen molar-refractivity contribution in [3.8, 4) is 0 Å². The van der Waals surface area contributed by atoms with E-state index in [0.29, 0.717) is 0 Å². The van der Waals surface area contributed by atoms with Crippen molar-refractivity contribution >= 4 is 53.7 Å². The molecule has 3 aromatic heterocycles. The molecule has 4 aromatic carbocycles. The van der Waals surface area contributed by atoms with E-state index >= 15 is 0 Å². The minimum atomic E-state index is -2.17. The zero-order valence-corrected chi connectivity index (χ0v) is 29.8. The Morgan fingerprint density at radius 3 is 0.849 bits per heavy atom. The van der Waals surface area contributed by atoms with Crippen LogP contribution in [0.25, 0.3) is 46.4 Å². The summed E-state index contributed by atoms with van der Waals surface area (Å²) in [6.45, 7) is 0. The van der Waals surface area contributed by atoms with Crippen LogP contribution >= 0.6 is 0 Å². The molecule has 9 rings (SSSR count). The van der Waals surface area contributed by atoms with E-state index in [4.69, 9.17) is 15.1 Å². The average Bonchev–Trinajstić information content (AvgIpc) is 4.03. The minimum Gasteiger partial charge on any atom is -0.402 e. The molecule has 0 saturated carbocycles. The standard InChI is InChI=1S/C20H14N4.4C6H5.BH3O3.Mn/c1-2-14-10-16-5-6-18(23-16)12-20-8-7-19(24-20)11-17-4-3-15(22-17)9-13(1)21-14;4*1-2-4-6-5-3-1;2-1(3)4;/h1-12,21-22H;4*1-5H;2-4H;/q;4*-1;;. The van der Waals surface area contributed by atoms with E-state index in [2.05, 4.69) is 74.5 Å². The van der Waals surface area contributed by atoms with E-state index in [9.17, 15) is 0 Å². The Kier molecular flexibility index (Phi) is 19.5. The smallest absolute Gasteiger partial charge is 0.402 e. The molecule has 5 heterocycles. The number of hydrogen-bond donors (Lipinski definition) is 5. The van der Waals surface area contributed by atoms with Crippen molar-refractivity contribution < 1.29 is 32.1 Å². The number of H-pyrrole nitrogens is 2. The molecule has 7 nitrogen and oxygen atoms in total. The van der Waals surface area contributed by atoms with Gasteiger partial charge in [-0.05, 0) is 72.8 Å². The topological polar surface area (TPSA) is 118 Å². The third-order valence-electron chi connectivity index (χ3n) is 6.47. The molecule has 0 aliphatic carbocycles. The van der Waals surface area contributed by atoms with Gasteiger partial charge < -0.3 is 25.0 Å². The second-order valence-corrected chi connectivity index (χ2v) is 10.6. The third kappa shape index (κ3) is 18.1. The molecular formula is C44H37BMnN4O3-4. The molecular weight excluding hydrogens is 698 g/mol. The third-order valence-corrected chi connectivity index (χ3v) is 6.47. The van der Waals surface area contributed by atoms with E-state index in [1.807, 2.05) is 164 Å². The van der Waals surface area contributed by atoms with Crippen LogP contribution in [0.5, 0.6) is 0 Å². The maximum Gasteiger partial charge on any atom is 0.631 e. The second-order valence-electron chi connectivity index (χ2n) is 10.6. The van der Waals surface area contributed by atoms with Crippen molar-refractivity contribution in [2.24, 2.45) is 0 Å². The summed E-state index contributed by atoms with van der Waals surface area (Å²) in [6.07, 6.45) is 8.05. The molecule has 0 atom stereocenters. The number of rotatable bonds is 0. The van der Waals surface area contributed by atoms with Crippen LogP contribution in [0.2, 0.25) is 0 Å². The summed E-state index contributed by atoms with van der Waals surface area (Å²) in [5.74, 6) is 0. The zero-order valence-electron chi connectivity index (χ0n) is 28.7. The largest absolute Gasteiger partial charge is 0.631 e. The Bertz CT molecular complexity index is 1870. The van der Waals surface area contributed by atoms with E-state index in [-0.39, 0.29) is 17.1 Å². The van der Waals surface area contributed by atoms with Gasteiger partial charge in [-0.3, -0.25) is 0 Å². The summed E-state index contributed by atoms with van der Waals surface area (Å²) in [7, 11) is -2.17. The second kappa shape index (κ2) is 25.0. The molecule has 0 fully saturated rings. The maximum atomic E-state index is 7.17. The molecule has 0 saturated heterocycles. The number of fused-ring (bicyclic) bond motifs is 8. The van der Waals surface area contributed by atoms with Crippen LogP contribution in [0.15, 0.2) is 170 Å². The number of aromatic nitrogens is 4. The first-order chi connectivity index (χ1) is 25.5. The number of nitrogens with zero attached hydrogens (tertiary/aromatic N) is 2. The van der Waals surface area contributed by atoms with Crippen LogP contribution in [0.3, 0.4) is 0 Å². The number of nitrogens with one attached hydrogen (secondary N) is 2. The van der Waals surface area contributed by atoms with Gasteiger partial charge in [0.1, 0.15) is 0 Å². The summed E-state index contributed by atoms with van der Waals surface area (Å²) in [4.78, 5) is 16.0. The van der Waals surface area contributed by atoms with E-state index in [1.54, 1.807) is 0 Å². The number of hydrogen-bond acceptors (Lipinski definition) is 5. The summed E-state index contributed by atoms with van der Waals surface area (Å²) >= 11 is 0. The molecule has 0 spiro atoms. The molecule has 9 heteroatoms. The summed E-state index contributed by atoms with van der Waals surface area (Å²) in [6, 6.07) is 66.4. The quantitative estimate of drug-likeness (QED) is 0.0791. The molecule has 1 radical (unpaired) electrons. The molecule has 0 unspecified atom stereocenters. The predicted octanol–water partition coefficient (Wildman–Crippen LogP) is 8.55. The minimum absolute atomic E-state index is 0. The monoisotopic (exact) mass is 735 g/mol. The number of benzene rings is 4. The van der Waals surface area contributed by atoms with Crippen LogP contribution in [0, 0.1) is 24.3 Å². The van der Waals surface area contributed by atoms with Crippen molar-refractivity contribution in [1.82, 2.24) is 19.9 Å². The molecule has 2 aliphatic rings. The van der Waals surface area contributed by atoms with Crippen molar-refractivity contribution in [2.75, 3.05) is 0 Å². The fraction of sp³-hybridized carbons (Fsp3) is 0. The van der Waals surface area contributed by atoms with Crippen LogP contribution < -0.4 is 0 Å². The van der Waals surface area contributed by atoms with Gasteiger partial charge in [-0.2, -0.15) is 146 Å². The van der Waals surface area contributed by atoms with Gasteiger partial charge in [0, 0.05) is 39.1 Å². The molecule has 265 valence electrons. The van der Waals surface area contributed by atoms with Crippen LogP contribution in [-0.2, 0) is 17.1 Å². The summed E-state index contributed by atoms with van der Waals surface area (Å²) < 4.78 is 0. The van der Waals surface area contributed by atoms with Crippen molar-refractivity contribution in [2.45, 2.75) is 0 Å². The van der Waals surface area contributed by atoms with Crippen molar-refractivity contribution in [1.29, 1.82) is 0 Å². The average molecular weight is 736 g/mol. The SMILES string of the molecule is C1=Cc2cc3ccc(cc4ccc(cc5nc(cc1n2)C=C5)[nH]4)[nH]3.OB(O)O.[Mn].[c-]1ccccc1.[c-]1ccccc1.[c-]1ccccc1.[c-]1ccccc1. The Balaban J connectivity index is 0.000000211. The first-order valence-electron chi connectivity index (χ1n) is 16.3. The Hall–Kier alpha value is -6.06. The fourth-order valence-electron chi connectivity index (χ4n) is 4.31. The van der Waals surface area contributed by atoms with E-state index in [1.165, 1.54) is 0 Å². The molecule has 8 bridgehead atoms. The first kappa shape index (κ1) is 41.4. The van der Waals surface area contributed by atoms with Gasteiger partial charge >= 0.3 is 7.32 Å². The zero-order chi connectivity index (χ0) is 36.5. The van der Waals surface area contributed by atoms with Crippen molar-refractivity contribution in [3.05, 3.63) is 217 Å². The first-order valence-corrected chi connectivity index (χ1v) is 16.3. The van der Waals surface area contributed by atoms with Gasteiger partial charge in [-0.25, -0.2) is 9.97 Å². The number of aromatic amines is 2. The Labute approximate surface area is 321 Å². The van der Waals surface area contributed by atoms with E-state index < -0.39 is 7.32 Å². The maximum absolute atomic E-state index is 7.17. The Morgan fingerprint density at radius 1 is 0.377 bits per heavy atom. The molecule has 2 aliphatic heterocycles. The van der Waals surface area contributed by atoms with E-state index in [0.717, 1.165) is 44.8 Å². The summed E-state index contributed by atoms with van der Waals surface area (Å²) in [5.41, 5.74) is 7.86. The van der Waals surface area contributed by atoms with Gasteiger partial charge in [0.15, 0.2) is 0 Å². The van der Waals surface area contributed by atoms with Gasteiger partial charge in [0.05, 0.1) is 22.8 Å². The fourth-order valence-corrected chi connectivity index (χ4v) is 4.31. The van der Waals surface area contributed by atoms with Gasteiger partial charge in [-0.1, -0.05) is 0 Å². The molecule has 5 N–H and O–H groups in total. The molecule has 7 aromatic rings. The summed E-state index contributed by atoms with van der Waals surface area (Å²) in [5, 5.41) is 21.5. The normalized spacial score (nSPS) is 9.87. The predicted molar refractivity (Wildman–Crippen MR) is 212 cm³/mol. The molecule has 53 heavy (non-hydrogen) atoms. The van der Waals surface area contributed by atoms with Crippen molar-refractivity contribution in [3.63, 3.8) is 0 Å². The van der Waals surface area contributed by atoms with Crippen LogP contribution in [0.1, 0.15) is 22.8 Å².